The molecule has 0 radical (unpaired) electrons. The van der Waals surface area contributed by atoms with Crippen LogP contribution in [0.25, 0.3) is 0 Å². The normalized spacial score (nSPS) is 20.5. The molecule has 1 atom stereocenters. The number of rotatable bonds is 6. The van der Waals surface area contributed by atoms with Crippen LogP contribution in [0, 0.1) is 5.92 Å². The van der Waals surface area contributed by atoms with Crippen molar-refractivity contribution in [3.63, 3.8) is 0 Å². The SMILES string of the molecule is Cn1cc(S(=O)(=O)N2CCC(C(=O)N3CCCC3Cc3ccccc3)CC2)cc1C(N)=O. The van der Waals surface area contributed by atoms with E-state index in [0.717, 1.165) is 25.8 Å². The maximum atomic E-state index is 13.3. The summed E-state index contributed by atoms with van der Waals surface area (Å²) in [5, 5.41) is 0. The lowest BCUT2D eigenvalue weighted by molar-refractivity contribution is -0.137. The second kappa shape index (κ2) is 9.07. The standard InChI is InChI=1S/C23H30N4O4S/c1-25-16-20(15-21(25)22(24)28)32(30,31)26-12-9-18(10-13-26)23(29)27-11-5-8-19(27)14-17-6-3-2-4-7-17/h2-4,6-7,15-16,18-19H,5,8-14H2,1H3,(H2,24,28). The van der Waals surface area contributed by atoms with Gasteiger partial charge in [-0.15, -0.1) is 0 Å². The van der Waals surface area contributed by atoms with Crippen molar-refractivity contribution in [1.29, 1.82) is 0 Å². The largest absolute Gasteiger partial charge is 0.364 e. The van der Waals surface area contributed by atoms with E-state index in [1.54, 1.807) is 7.05 Å². The van der Waals surface area contributed by atoms with Crippen LogP contribution in [0.3, 0.4) is 0 Å². The third-order valence-corrected chi connectivity index (χ3v) is 8.51. The maximum Gasteiger partial charge on any atom is 0.265 e. The molecule has 8 nitrogen and oxygen atoms in total. The Morgan fingerprint density at radius 2 is 1.75 bits per heavy atom. The first-order chi connectivity index (χ1) is 15.3. The van der Waals surface area contributed by atoms with Crippen molar-refractivity contribution in [2.45, 2.75) is 43.0 Å². The fourth-order valence-electron chi connectivity index (χ4n) is 4.87. The quantitative estimate of drug-likeness (QED) is 0.712. The maximum absolute atomic E-state index is 13.3. The van der Waals surface area contributed by atoms with Gasteiger partial charge >= 0.3 is 0 Å². The summed E-state index contributed by atoms with van der Waals surface area (Å²) in [6.45, 7) is 1.35. The topological polar surface area (TPSA) is 106 Å². The molecule has 172 valence electrons. The Labute approximate surface area is 189 Å². The number of primary amides is 1. The molecule has 9 heteroatoms. The minimum Gasteiger partial charge on any atom is -0.364 e. The molecule has 0 spiro atoms. The second-order valence-corrected chi connectivity index (χ2v) is 10.7. The first-order valence-corrected chi connectivity index (χ1v) is 12.5. The first kappa shape index (κ1) is 22.5. The highest BCUT2D eigenvalue weighted by atomic mass is 32.2. The highest BCUT2D eigenvalue weighted by Gasteiger charge is 2.37. The van der Waals surface area contributed by atoms with Crippen molar-refractivity contribution < 1.29 is 18.0 Å². The lowest BCUT2D eigenvalue weighted by Crippen LogP contribution is -2.46. The van der Waals surface area contributed by atoms with Gasteiger partial charge in [0.15, 0.2) is 0 Å². The van der Waals surface area contributed by atoms with Gasteiger partial charge in [-0.3, -0.25) is 9.59 Å². The Morgan fingerprint density at radius 3 is 2.38 bits per heavy atom. The van der Waals surface area contributed by atoms with Crippen molar-refractivity contribution in [1.82, 2.24) is 13.8 Å². The van der Waals surface area contributed by atoms with E-state index in [-0.39, 0.29) is 41.5 Å². The third-order valence-electron chi connectivity index (χ3n) is 6.65. The van der Waals surface area contributed by atoms with E-state index in [0.29, 0.717) is 12.8 Å². The number of benzene rings is 1. The fraction of sp³-hybridized carbons (Fsp3) is 0.478. The molecule has 0 saturated carbocycles. The molecule has 2 aliphatic heterocycles. The number of carbonyl (C=O) groups is 2. The monoisotopic (exact) mass is 458 g/mol. The van der Waals surface area contributed by atoms with E-state index in [4.69, 9.17) is 5.73 Å². The zero-order valence-corrected chi connectivity index (χ0v) is 19.1. The Bertz CT molecular complexity index is 1090. The van der Waals surface area contributed by atoms with Crippen LogP contribution in [0.5, 0.6) is 0 Å². The number of hydrogen-bond acceptors (Lipinski definition) is 4. The molecule has 4 rings (SSSR count). The van der Waals surface area contributed by atoms with Crippen LogP contribution >= 0.6 is 0 Å². The van der Waals surface area contributed by atoms with Crippen molar-refractivity contribution in [2.24, 2.45) is 18.7 Å². The summed E-state index contributed by atoms with van der Waals surface area (Å²) in [6, 6.07) is 11.7. The molecule has 0 aliphatic carbocycles. The third kappa shape index (κ3) is 4.45. The van der Waals surface area contributed by atoms with Gasteiger partial charge in [0, 0.05) is 44.8 Å². The number of nitrogens with two attached hydrogens (primary N) is 1. The number of hydrogen-bond donors (Lipinski definition) is 1. The van der Waals surface area contributed by atoms with Gasteiger partial charge in [-0.25, -0.2) is 8.42 Å². The number of likely N-dealkylation sites (tertiary alicyclic amines) is 1. The number of amides is 2. The summed E-state index contributed by atoms with van der Waals surface area (Å²) >= 11 is 0. The first-order valence-electron chi connectivity index (χ1n) is 11.1. The Kier molecular flexibility index (Phi) is 6.39. The van der Waals surface area contributed by atoms with Gasteiger partial charge in [0.1, 0.15) is 10.6 Å². The van der Waals surface area contributed by atoms with Gasteiger partial charge in [-0.1, -0.05) is 30.3 Å². The Balaban J connectivity index is 1.39. The van der Waals surface area contributed by atoms with E-state index in [2.05, 4.69) is 12.1 Å². The molecule has 1 unspecified atom stereocenters. The predicted octanol–water partition coefficient (Wildman–Crippen LogP) is 1.76. The van der Waals surface area contributed by atoms with E-state index >= 15 is 0 Å². The summed E-state index contributed by atoms with van der Waals surface area (Å²) in [4.78, 5) is 26.8. The highest BCUT2D eigenvalue weighted by Crippen LogP contribution is 2.29. The number of piperidine rings is 1. The number of aryl methyl sites for hydroxylation is 1. The minimum atomic E-state index is -3.74. The van der Waals surface area contributed by atoms with Gasteiger partial charge in [-0.05, 0) is 43.7 Å². The molecule has 2 aliphatic rings. The zero-order chi connectivity index (χ0) is 22.9. The molecular weight excluding hydrogens is 428 g/mol. The van der Waals surface area contributed by atoms with Crippen LogP contribution in [0.4, 0.5) is 0 Å². The minimum absolute atomic E-state index is 0.0565. The highest BCUT2D eigenvalue weighted by molar-refractivity contribution is 7.89. The van der Waals surface area contributed by atoms with E-state index in [9.17, 15) is 18.0 Å². The average Bonchev–Trinajstić information content (AvgIpc) is 3.41. The predicted molar refractivity (Wildman–Crippen MR) is 120 cm³/mol. The van der Waals surface area contributed by atoms with Crippen LogP contribution in [0.15, 0.2) is 47.5 Å². The van der Waals surface area contributed by atoms with Crippen molar-refractivity contribution >= 4 is 21.8 Å². The van der Waals surface area contributed by atoms with Crippen molar-refractivity contribution in [3.05, 3.63) is 53.9 Å². The zero-order valence-electron chi connectivity index (χ0n) is 18.3. The summed E-state index contributed by atoms with van der Waals surface area (Å²) in [5.41, 5.74) is 6.69. The van der Waals surface area contributed by atoms with Crippen LogP contribution in [0.1, 0.15) is 41.7 Å². The summed E-state index contributed by atoms with van der Waals surface area (Å²) < 4.78 is 28.9. The number of nitrogens with zero attached hydrogens (tertiary/aromatic N) is 3. The molecular formula is C23H30N4O4S. The molecule has 2 saturated heterocycles. The van der Waals surface area contributed by atoms with Gasteiger partial charge < -0.3 is 15.2 Å². The number of carbonyl (C=O) groups excluding carboxylic acids is 2. The van der Waals surface area contributed by atoms with E-state index < -0.39 is 15.9 Å². The molecule has 1 aromatic heterocycles. The molecule has 2 fully saturated rings. The van der Waals surface area contributed by atoms with Crippen LogP contribution < -0.4 is 5.73 Å². The van der Waals surface area contributed by atoms with Crippen LogP contribution in [0.2, 0.25) is 0 Å². The Hall–Kier alpha value is -2.65. The van der Waals surface area contributed by atoms with Gasteiger partial charge in [0.2, 0.25) is 15.9 Å². The molecule has 2 amide bonds. The molecule has 0 bridgehead atoms. The van der Waals surface area contributed by atoms with Gasteiger partial charge in [-0.2, -0.15) is 4.31 Å². The lowest BCUT2D eigenvalue weighted by atomic mass is 9.95. The number of aromatic nitrogens is 1. The van der Waals surface area contributed by atoms with Crippen LogP contribution in [-0.4, -0.2) is 59.7 Å². The smallest absolute Gasteiger partial charge is 0.265 e. The Morgan fingerprint density at radius 1 is 1.06 bits per heavy atom. The number of sulfonamides is 1. The van der Waals surface area contributed by atoms with E-state index in [1.165, 1.54) is 26.7 Å². The molecule has 2 aromatic rings. The van der Waals surface area contributed by atoms with Gasteiger partial charge in [0.05, 0.1) is 0 Å². The molecule has 3 heterocycles. The van der Waals surface area contributed by atoms with Crippen molar-refractivity contribution in [3.8, 4) is 0 Å². The second-order valence-electron chi connectivity index (χ2n) is 8.73. The molecule has 2 N–H and O–H groups in total. The molecule has 1 aromatic carbocycles. The average molecular weight is 459 g/mol. The fourth-order valence-corrected chi connectivity index (χ4v) is 6.41. The summed E-state index contributed by atoms with van der Waals surface area (Å²) in [7, 11) is -2.15. The molecule has 32 heavy (non-hydrogen) atoms. The van der Waals surface area contributed by atoms with E-state index in [1.807, 2.05) is 23.1 Å². The van der Waals surface area contributed by atoms with Crippen molar-refractivity contribution in [2.75, 3.05) is 19.6 Å². The van der Waals surface area contributed by atoms with Crippen LogP contribution in [-0.2, 0) is 28.3 Å². The lowest BCUT2D eigenvalue weighted by Gasteiger charge is -2.34. The van der Waals surface area contributed by atoms with Gasteiger partial charge in [0.25, 0.3) is 5.91 Å². The summed E-state index contributed by atoms with van der Waals surface area (Å²) in [6.07, 6.45) is 5.28. The summed E-state index contributed by atoms with van der Waals surface area (Å²) in [5.74, 6) is -0.681.